The van der Waals surface area contributed by atoms with Crippen molar-refractivity contribution in [2.45, 2.75) is 13.2 Å². The van der Waals surface area contributed by atoms with Crippen LogP contribution in [0.1, 0.15) is 11.1 Å². The highest BCUT2D eigenvalue weighted by Crippen LogP contribution is 2.13. The van der Waals surface area contributed by atoms with E-state index in [1.54, 1.807) is 0 Å². The zero-order chi connectivity index (χ0) is 19.1. The number of esters is 2. The lowest BCUT2D eigenvalue weighted by Crippen LogP contribution is -2.46. The van der Waals surface area contributed by atoms with Gasteiger partial charge in [0.1, 0.15) is 18.9 Å². The maximum atomic E-state index is 12.5. The fraction of sp³-hybridized carbons (Fsp3) is 0.150. The van der Waals surface area contributed by atoms with Gasteiger partial charge in [0.2, 0.25) is 0 Å². The molecule has 0 atom stereocenters. The summed E-state index contributed by atoms with van der Waals surface area (Å²) in [5, 5.41) is 5.78. The average molecular weight is 382 g/mol. The molecule has 0 fully saturated rings. The Hall–Kier alpha value is -3.19. The molecule has 0 saturated carbocycles. The van der Waals surface area contributed by atoms with Crippen LogP contribution in [0.15, 0.2) is 71.9 Å². The van der Waals surface area contributed by atoms with E-state index in [1.807, 2.05) is 60.7 Å². The molecule has 27 heavy (non-hydrogen) atoms. The first-order chi connectivity index (χ1) is 13.1. The molecule has 0 radical (unpaired) electrons. The molecule has 0 aromatic heterocycles. The van der Waals surface area contributed by atoms with Crippen molar-refractivity contribution in [1.82, 2.24) is 10.6 Å². The highest BCUT2D eigenvalue weighted by atomic mass is 32.1. The van der Waals surface area contributed by atoms with E-state index in [9.17, 15) is 9.59 Å². The third kappa shape index (κ3) is 5.15. The molecule has 0 saturated heterocycles. The van der Waals surface area contributed by atoms with Crippen molar-refractivity contribution in [3.8, 4) is 0 Å². The number of benzene rings is 2. The first kappa shape index (κ1) is 18.6. The van der Waals surface area contributed by atoms with Crippen LogP contribution >= 0.6 is 12.2 Å². The van der Waals surface area contributed by atoms with Crippen LogP contribution in [0.5, 0.6) is 0 Å². The van der Waals surface area contributed by atoms with Crippen LogP contribution in [-0.4, -0.2) is 23.6 Å². The van der Waals surface area contributed by atoms with Gasteiger partial charge < -0.3 is 20.1 Å². The van der Waals surface area contributed by atoms with Gasteiger partial charge in [-0.05, 0) is 23.3 Å². The van der Waals surface area contributed by atoms with E-state index in [2.05, 4.69) is 10.6 Å². The highest BCUT2D eigenvalue weighted by molar-refractivity contribution is 7.80. The van der Waals surface area contributed by atoms with Crippen LogP contribution in [-0.2, 0) is 32.3 Å². The predicted molar refractivity (Wildman–Crippen MR) is 103 cm³/mol. The Morgan fingerprint density at radius 2 is 1.37 bits per heavy atom. The molecule has 3 rings (SSSR count). The molecule has 0 bridgehead atoms. The van der Waals surface area contributed by atoms with E-state index in [-0.39, 0.29) is 36.1 Å². The summed E-state index contributed by atoms with van der Waals surface area (Å²) in [5.74, 6) is -1.26. The average Bonchev–Trinajstić information content (AvgIpc) is 2.71. The van der Waals surface area contributed by atoms with Crippen molar-refractivity contribution in [3.05, 3.63) is 83.1 Å². The van der Waals surface area contributed by atoms with Crippen LogP contribution < -0.4 is 10.6 Å². The zero-order valence-electron chi connectivity index (χ0n) is 14.4. The number of rotatable bonds is 6. The molecule has 0 amide bonds. The highest BCUT2D eigenvalue weighted by Gasteiger charge is 2.28. The molecule has 2 aromatic rings. The predicted octanol–water partition coefficient (Wildman–Crippen LogP) is 2.21. The van der Waals surface area contributed by atoms with Crippen LogP contribution in [0, 0.1) is 0 Å². The number of hydrogen-bond donors (Lipinski definition) is 2. The molecule has 1 heterocycles. The Balaban J connectivity index is 1.69. The Morgan fingerprint density at radius 1 is 0.852 bits per heavy atom. The molecular formula is C20H18N2O4S. The molecule has 138 valence electrons. The number of ether oxygens (including phenoxy) is 2. The normalized spacial score (nSPS) is 13.4. The monoisotopic (exact) mass is 382 g/mol. The summed E-state index contributed by atoms with van der Waals surface area (Å²) >= 11 is 5.04. The second kappa shape index (κ2) is 8.95. The van der Waals surface area contributed by atoms with E-state index in [0.717, 1.165) is 11.1 Å². The third-order valence-electron chi connectivity index (χ3n) is 3.84. The van der Waals surface area contributed by atoms with E-state index < -0.39 is 11.9 Å². The summed E-state index contributed by atoms with van der Waals surface area (Å²) in [7, 11) is 0. The molecule has 2 N–H and O–H groups in total. The second-order valence-electron chi connectivity index (χ2n) is 5.78. The molecule has 7 heteroatoms. The van der Waals surface area contributed by atoms with Crippen molar-refractivity contribution in [2.24, 2.45) is 0 Å². The summed E-state index contributed by atoms with van der Waals surface area (Å²) in [6.07, 6.45) is 0. The van der Waals surface area contributed by atoms with Gasteiger partial charge in [0.05, 0.1) is 12.1 Å². The molecule has 2 aromatic carbocycles. The van der Waals surface area contributed by atoms with Gasteiger partial charge in [-0.1, -0.05) is 60.7 Å². The van der Waals surface area contributed by atoms with Gasteiger partial charge in [0.15, 0.2) is 5.11 Å². The van der Waals surface area contributed by atoms with Gasteiger partial charge in [-0.25, -0.2) is 9.59 Å². The fourth-order valence-corrected chi connectivity index (χ4v) is 2.62. The Labute approximate surface area is 162 Å². The van der Waals surface area contributed by atoms with Crippen molar-refractivity contribution in [3.63, 3.8) is 0 Å². The third-order valence-corrected chi connectivity index (χ3v) is 4.09. The summed E-state index contributed by atoms with van der Waals surface area (Å²) in [6.45, 7) is 0.298. The zero-order valence-corrected chi connectivity index (χ0v) is 15.3. The number of hydrogen-bond acceptors (Lipinski definition) is 5. The minimum Gasteiger partial charge on any atom is -0.457 e. The molecular weight excluding hydrogens is 364 g/mol. The topological polar surface area (TPSA) is 76.7 Å². The van der Waals surface area contributed by atoms with Gasteiger partial charge in [0, 0.05) is 0 Å². The van der Waals surface area contributed by atoms with Gasteiger partial charge in [-0.15, -0.1) is 0 Å². The number of carbonyl (C=O) groups is 2. The minimum absolute atomic E-state index is 0.00717. The van der Waals surface area contributed by atoms with E-state index >= 15 is 0 Å². The number of nitrogens with one attached hydrogen (secondary N) is 2. The Kier molecular flexibility index (Phi) is 6.17. The molecule has 1 aliphatic rings. The molecule has 6 nitrogen and oxygen atoms in total. The Bertz CT molecular complexity index is 866. The maximum Gasteiger partial charge on any atom is 0.355 e. The van der Waals surface area contributed by atoms with Crippen LogP contribution in [0.4, 0.5) is 0 Å². The second-order valence-corrected chi connectivity index (χ2v) is 6.19. The maximum absolute atomic E-state index is 12.5. The standard InChI is InChI=1S/C20H18N2O4S/c23-18(25-12-14-7-3-1-4-8-14)16-11-21-20(27)22-17(16)19(24)26-13-15-9-5-2-6-10-15/h1-10H,11-13H2,(H2,21,22,27). The quantitative estimate of drug-likeness (QED) is 0.586. The summed E-state index contributed by atoms with van der Waals surface area (Å²) in [5.41, 5.74) is 1.86. The Morgan fingerprint density at radius 3 is 1.93 bits per heavy atom. The summed E-state index contributed by atoms with van der Waals surface area (Å²) in [6, 6.07) is 18.6. The van der Waals surface area contributed by atoms with Gasteiger partial charge in [-0.3, -0.25) is 0 Å². The van der Waals surface area contributed by atoms with E-state index in [4.69, 9.17) is 21.7 Å². The van der Waals surface area contributed by atoms with Crippen molar-refractivity contribution >= 4 is 29.3 Å². The summed E-state index contributed by atoms with van der Waals surface area (Å²) < 4.78 is 10.6. The van der Waals surface area contributed by atoms with Gasteiger partial charge >= 0.3 is 11.9 Å². The summed E-state index contributed by atoms with van der Waals surface area (Å²) in [4.78, 5) is 24.9. The molecule has 0 unspecified atom stereocenters. The number of carbonyl (C=O) groups excluding carboxylic acids is 2. The van der Waals surface area contributed by atoms with Gasteiger partial charge in [0.25, 0.3) is 0 Å². The first-order valence-electron chi connectivity index (χ1n) is 8.33. The molecule has 1 aliphatic heterocycles. The van der Waals surface area contributed by atoms with Crippen LogP contribution in [0.25, 0.3) is 0 Å². The lowest BCUT2D eigenvalue weighted by molar-refractivity contribution is -0.144. The van der Waals surface area contributed by atoms with Crippen molar-refractivity contribution in [2.75, 3.05) is 6.54 Å². The van der Waals surface area contributed by atoms with Crippen LogP contribution in [0.2, 0.25) is 0 Å². The van der Waals surface area contributed by atoms with Crippen molar-refractivity contribution < 1.29 is 19.1 Å². The van der Waals surface area contributed by atoms with E-state index in [1.165, 1.54) is 0 Å². The SMILES string of the molecule is O=C(OCc1ccccc1)C1=C(C(=O)OCc2ccccc2)NC(=S)NC1. The lowest BCUT2D eigenvalue weighted by atomic mass is 10.1. The molecule has 0 aliphatic carbocycles. The fourth-order valence-electron chi connectivity index (χ4n) is 2.44. The largest absolute Gasteiger partial charge is 0.457 e. The minimum atomic E-state index is -0.658. The van der Waals surface area contributed by atoms with Crippen molar-refractivity contribution in [1.29, 1.82) is 0 Å². The number of thiocarbonyl (C=S) groups is 1. The van der Waals surface area contributed by atoms with Crippen LogP contribution in [0.3, 0.4) is 0 Å². The molecule has 0 spiro atoms. The smallest absolute Gasteiger partial charge is 0.355 e. The first-order valence-corrected chi connectivity index (χ1v) is 8.74. The lowest BCUT2D eigenvalue weighted by Gasteiger charge is -2.22. The van der Waals surface area contributed by atoms with Gasteiger partial charge in [-0.2, -0.15) is 0 Å². The van der Waals surface area contributed by atoms with E-state index in [0.29, 0.717) is 0 Å².